The molecule has 0 aliphatic carbocycles. The molecule has 0 saturated carbocycles. The number of anilines is 1. The van der Waals surface area contributed by atoms with Crippen molar-refractivity contribution in [2.75, 3.05) is 17.7 Å². The minimum absolute atomic E-state index is 0.296. The molecule has 1 N–H and O–H groups in total. The summed E-state index contributed by atoms with van der Waals surface area (Å²) < 4.78 is 5.56. The molecule has 1 aliphatic rings. The van der Waals surface area contributed by atoms with E-state index < -0.39 is 0 Å². The number of thioether (sulfide) groups is 1. The van der Waals surface area contributed by atoms with Crippen LogP contribution < -0.4 is 5.32 Å². The van der Waals surface area contributed by atoms with Gasteiger partial charge in [0.15, 0.2) is 0 Å². The summed E-state index contributed by atoms with van der Waals surface area (Å²) in [4.78, 5) is 1.06. The van der Waals surface area contributed by atoms with Crippen LogP contribution in [0.3, 0.4) is 0 Å². The van der Waals surface area contributed by atoms with E-state index in [2.05, 4.69) is 25.2 Å². The van der Waals surface area contributed by atoms with Gasteiger partial charge in [0, 0.05) is 17.5 Å². The van der Waals surface area contributed by atoms with Gasteiger partial charge in [-0.25, -0.2) is 0 Å². The second-order valence-electron chi connectivity index (χ2n) is 4.77. The fraction of sp³-hybridized carbons (Fsp3) is 0.533. The number of nitrogens with one attached hydrogen (secondary N) is 1. The summed E-state index contributed by atoms with van der Waals surface area (Å²) in [5.74, 6) is 0.979. The van der Waals surface area contributed by atoms with Crippen molar-refractivity contribution in [3.05, 3.63) is 23.8 Å². The number of nitriles is 1. The van der Waals surface area contributed by atoms with E-state index in [1.165, 1.54) is 0 Å². The van der Waals surface area contributed by atoms with Crippen LogP contribution in [-0.2, 0) is 4.74 Å². The lowest BCUT2D eigenvalue weighted by atomic mass is 10.0. The van der Waals surface area contributed by atoms with E-state index in [1.807, 2.05) is 18.2 Å². The molecule has 1 aliphatic heterocycles. The lowest BCUT2D eigenvalue weighted by Gasteiger charge is -2.29. The molecule has 0 amide bonds. The summed E-state index contributed by atoms with van der Waals surface area (Å²) in [6.45, 7) is 5.00. The van der Waals surface area contributed by atoms with Gasteiger partial charge in [-0.05, 0) is 37.7 Å². The van der Waals surface area contributed by atoms with E-state index in [0.717, 1.165) is 41.3 Å². The predicted molar refractivity (Wildman–Crippen MR) is 79.6 cm³/mol. The van der Waals surface area contributed by atoms with Crippen molar-refractivity contribution in [1.82, 2.24) is 0 Å². The number of nitrogens with zero attached hydrogens (tertiary/aromatic N) is 1. The van der Waals surface area contributed by atoms with Gasteiger partial charge in [0.1, 0.15) is 6.07 Å². The molecule has 4 heteroatoms. The minimum atomic E-state index is 0.296. The maximum absolute atomic E-state index is 9.38. The Balaban J connectivity index is 2.15. The van der Waals surface area contributed by atoms with Crippen LogP contribution in [0.25, 0.3) is 0 Å². The Morgan fingerprint density at radius 2 is 2.37 bits per heavy atom. The first-order valence-electron chi connectivity index (χ1n) is 6.78. The van der Waals surface area contributed by atoms with Gasteiger partial charge in [-0.3, -0.25) is 0 Å². The summed E-state index contributed by atoms with van der Waals surface area (Å²) in [5, 5.41) is 12.9. The third-order valence-electron chi connectivity index (χ3n) is 3.28. The maximum atomic E-state index is 9.38. The Morgan fingerprint density at radius 3 is 3.05 bits per heavy atom. The first-order valence-corrected chi connectivity index (χ1v) is 7.77. The van der Waals surface area contributed by atoms with Crippen LogP contribution in [0.5, 0.6) is 0 Å². The van der Waals surface area contributed by atoms with E-state index in [0.29, 0.717) is 12.1 Å². The van der Waals surface area contributed by atoms with Crippen LogP contribution >= 0.6 is 11.8 Å². The van der Waals surface area contributed by atoms with E-state index in [9.17, 15) is 5.26 Å². The summed E-state index contributed by atoms with van der Waals surface area (Å²) in [5.41, 5.74) is 1.73. The highest BCUT2D eigenvalue weighted by Gasteiger charge is 2.20. The zero-order valence-corrected chi connectivity index (χ0v) is 12.3. The molecule has 102 valence electrons. The van der Waals surface area contributed by atoms with Crippen LogP contribution in [0, 0.1) is 11.3 Å². The fourth-order valence-electron chi connectivity index (χ4n) is 2.39. The van der Waals surface area contributed by atoms with E-state index >= 15 is 0 Å². The highest BCUT2D eigenvalue weighted by molar-refractivity contribution is 7.99. The second-order valence-corrected chi connectivity index (χ2v) is 6.08. The van der Waals surface area contributed by atoms with Crippen molar-refractivity contribution in [3.8, 4) is 6.07 Å². The van der Waals surface area contributed by atoms with E-state index in [4.69, 9.17) is 4.74 Å². The Hall–Kier alpha value is -1.18. The normalized spacial score (nSPS) is 22.8. The van der Waals surface area contributed by atoms with Gasteiger partial charge < -0.3 is 10.1 Å². The van der Waals surface area contributed by atoms with Crippen molar-refractivity contribution < 1.29 is 4.74 Å². The highest BCUT2D eigenvalue weighted by Crippen LogP contribution is 2.29. The molecule has 2 rings (SSSR count). The van der Waals surface area contributed by atoms with E-state index in [-0.39, 0.29) is 0 Å². The number of hydrogen-bond donors (Lipinski definition) is 1. The quantitative estimate of drug-likeness (QED) is 0.853. The fourth-order valence-corrected chi connectivity index (χ4v) is 3.18. The van der Waals surface area contributed by atoms with Gasteiger partial charge in [-0.1, -0.05) is 13.0 Å². The molecule has 1 aromatic rings. The SMILES string of the molecule is CCSc1cccc(NC2CCOC(C)C2)c1C#N. The number of hydrogen-bond acceptors (Lipinski definition) is 4. The van der Waals surface area contributed by atoms with E-state index in [1.54, 1.807) is 11.8 Å². The topological polar surface area (TPSA) is 45.0 Å². The zero-order valence-electron chi connectivity index (χ0n) is 11.5. The number of rotatable bonds is 4. The lowest BCUT2D eigenvalue weighted by molar-refractivity contribution is 0.0232. The van der Waals surface area contributed by atoms with Crippen LogP contribution in [0.2, 0.25) is 0 Å². The highest BCUT2D eigenvalue weighted by atomic mass is 32.2. The zero-order chi connectivity index (χ0) is 13.7. The maximum Gasteiger partial charge on any atom is 0.102 e. The minimum Gasteiger partial charge on any atom is -0.381 e. The summed E-state index contributed by atoms with van der Waals surface area (Å²) in [6.07, 6.45) is 2.29. The van der Waals surface area contributed by atoms with Gasteiger partial charge in [0.05, 0.1) is 17.4 Å². The molecule has 0 spiro atoms. The van der Waals surface area contributed by atoms with Gasteiger partial charge in [0.2, 0.25) is 0 Å². The van der Waals surface area contributed by atoms with Crippen LogP contribution in [0.1, 0.15) is 32.3 Å². The molecule has 0 radical (unpaired) electrons. The largest absolute Gasteiger partial charge is 0.381 e. The van der Waals surface area contributed by atoms with Crippen LogP contribution in [-0.4, -0.2) is 24.5 Å². The van der Waals surface area contributed by atoms with Crippen LogP contribution in [0.15, 0.2) is 23.1 Å². The molecule has 19 heavy (non-hydrogen) atoms. The second kappa shape index (κ2) is 6.83. The molecule has 1 heterocycles. The first-order chi connectivity index (χ1) is 9.24. The first kappa shape index (κ1) is 14.2. The Kier molecular flexibility index (Phi) is 5.12. The van der Waals surface area contributed by atoms with Crippen molar-refractivity contribution in [3.63, 3.8) is 0 Å². The number of benzene rings is 1. The third-order valence-corrected chi connectivity index (χ3v) is 4.22. The standard InChI is InChI=1S/C15H20N2OS/c1-3-19-15-6-4-5-14(13(15)10-16)17-12-7-8-18-11(2)9-12/h4-6,11-12,17H,3,7-9H2,1-2H3. The van der Waals surface area contributed by atoms with Gasteiger partial charge >= 0.3 is 0 Å². The molecule has 0 bridgehead atoms. The molecule has 2 atom stereocenters. The van der Waals surface area contributed by atoms with Crippen LogP contribution in [0.4, 0.5) is 5.69 Å². The average molecular weight is 276 g/mol. The number of ether oxygens (including phenoxy) is 1. The van der Waals surface area contributed by atoms with Crippen molar-refractivity contribution in [1.29, 1.82) is 5.26 Å². The average Bonchev–Trinajstić information content (AvgIpc) is 2.39. The van der Waals surface area contributed by atoms with Gasteiger partial charge in [-0.15, -0.1) is 11.8 Å². The molecule has 0 aromatic heterocycles. The Labute approximate surface area is 119 Å². The van der Waals surface area contributed by atoms with Crippen molar-refractivity contribution >= 4 is 17.4 Å². The van der Waals surface area contributed by atoms with Crippen molar-refractivity contribution in [2.45, 2.75) is 43.7 Å². The monoisotopic (exact) mass is 276 g/mol. The molecule has 2 unspecified atom stereocenters. The summed E-state index contributed by atoms with van der Waals surface area (Å²) >= 11 is 1.72. The predicted octanol–water partition coefficient (Wildman–Crippen LogP) is 3.65. The molecule has 1 saturated heterocycles. The van der Waals surface area contributed by atoms with Crippen molar-refractivity contribution in [2.24, 2.45) is 0 Å². The third kappa shape index (κ3) is 3.65. The van der Waals surface area contributed by atoms with Gasteiger partial charge in [-0.2, -0.15) is 5.26 Å². The molecule has 3 nitrogen and oxygen atoms in total. The van der Waals surface area contributed by atoms with Gasteiger partial charge in [0.25, 0.3) is 0 Å². The molecular formula is C15H20N2OS. The Morgan fingerprint density at radius 1 is 1.53 bits per heavy atom. The summed E-state index contributed by atoms with van der Waals surface area (Å²) in [6, 6.07) is 8.77. The Bertz CT molecular complexity index is 470. The molecule has 1 fully saturated rings. The smallest absolute Gasteiger partial charge is 0.102 e. The summed E-state index contributed by atoms with van der Waals surface area (Å²) in [7, 11) is 0. The molecular weight excluding hydrogens is 256 g/mol. The molecule has 1 aromatic carbocycles. The lowest BCUT2D eigenvalue weighted by Crippen LogP contribution is -2.32.